The Labute approximate surface area is 106 Å². The van der Waals surface area contributed by atoms with Gasteiger partial charge in [0.05, 0.1) is 12.7 Å². The fourth-order valence-electron chi connectivity index (χ4n) is 2.28. The lowest BCUT2D eigenvalue weighted by Gasteiger charge is -2.30. The second kappa shape index (κ2) is 8.86. The molecule has 0 aromatic rings. The molecule has 1 rings (SSSR count). The predicted molar refractivity (Wildman–Crippen MR) is 70.4 cm³/mol. The lowest BCUT2D eigenvalue weighted by Crippen LogP contribution is -2.44. The van der Waals surface area contributed by atoms with Crippen LogP contribution in [0, 0.1) is 0 Å². The fourth-order valence-corrected chi connectivity index (χ4v) is 2.28. The van der Waals surface area contributed by atoms with Crippen LogP contribution in [0.25, 0.3) is 0 Å². The molecule has 2 unspecified atom stereocenters. The topological polar surface area (TPSA) is 33.7 Å². The van der Waals surface area contributed by atoms with Crippen molar-refractivity contribution in [3.8, 4) is 0 Å². The zero-order valence-electron chi connectivity index (χ0n) is 11.6. The first-order valence-electron chi connectivity index (χ1n) is 6.83. The minimum atomic E-state index is 0.455. The van der Waals surface area contributed by atoms with Crippen LogP contribution >= 0.6 is 0 Å². The van der Waals surface area contributed by atoms with Crippen molar-refractivity contribution in [2.45, 2.75) is 38.8 Å². The molecule has 0 amide bonds. The van der Waals surface area contributed by atoms with Crippen LogP contribution in [0.2, 0.25) is 0 Å². The van der Waals surface area contributed by atoms with Gasteiger partial charge >= 0.3 is 0 Å². The molecule has 1 fully saturated rings. The number of rotatable bonds is 9. The van der Waals surface area contributed by atoms with Crippen LogP contribution in [-0.2, 0) is 9.47 Å². The van der Waals surface area contributed by atoms with Gasteiger partial charge in [-0.25, -0.2) is 0 Å². The Hall–Kier alpha value is -0.160. The van der Waals surface area contributed by atoms with Gasteiger partial charge in [-0.3, -0.25) is 4.90 Å². The van der Waals surface area contributed by atoms with E-state index in [-0.39, 0.29) is 0 Å². The van der Waals surface area contributed by atoms with E-state index in [0.717, 1.165) is 39.4 Å². The molecule has 4 heteroatoms. The van der Waals surface area contributed by atoms with Gasteiger partial charge in [0.15, 0.2) is 0 Å². The van der Waals surface area contributed by atoms with E-state index in [9.17, 15) is 0 Å². The number of likely N-dealkylation sites (N-methyl/N-ethyl adjacent to an activating group) is 1. The highest BCUT2D eigenvalue weighted by Crippen LogP contribution is 2.14. The molecule has 0 aliphatic carbocycles. The van der Waals surface area contributed by atoms with E-state index >= 15 is 0 Å². The highest BCUT2D eigenvalue weighted by atomic mass is 16.5. The standard InChI is InChI=1S/C13H28N2O2/c1-4-15(11-13-6-5-8-17-13)12(2)10-14-7-9-16-3/h12-14H,4-11H2,1-3H3. The highest BCUT2D eigenvalue weighted by molar-refractivity contribution is 4.75. The molecule has 102 valence electrons. The molecular weight excluding hydrogens is 216 g/mol. The minimum absolute atomic E-state index is 0.455. The van der Waals surface area contributed by atoms with Crippen molar-refractivity contribution in [2.24, 2.45) is 0 Å². The number of hydrogen-bond donors (Lipinski definition) is 1. The summed E-state index contributed by atoms with van der Waals surface area (Å²) in [5.74, 6) is 0. The van der Waals surface area contributed by atoms with Crippen LogP contribution in [-0.4, -0.2) is 63.5 Å². The third-order valence-corrected chi connectivity index (χ3v) is 3.41. The number of nitrogens with one attached hydrogen (secondary N) is 1. The minimum Gasteiger partial charge on any atom is -0.383 e. The lowest BCUT2D eigenvalue weighted by atomic mass is 10.2. The SMILES string of the molecule is CCN(CC1CCCO1)C(C)CNCCOC. The Morgan fingerprint density at radius 1 is 1.53 bits per heavy atom. The summed E-state index contributed by atoms with van der Waals surface area (Å²) < 4.78 is 10.7. The van der Waals surface area contributed by atoms with Crippen molar-refractivity contribution >= 4 is 0 Å². The second-order valence-electron chi connectivity index (χ2n) is 4.77. The second-order valence-corrected chi connectivity index (χ2v) is 4.77. The molecule has 1 aliphatic heterocycles. The average Bonchev–Trinajstić information content (AvgIpc) is 2.84. The third-order valence-electron chi connectivity index (χ3n) is 3.41. The average molecular weight is 244 g/mol. The molecular formula is C13H28N2O2. The third kappa shape index (κ3) is 5.82. The summed E-state index contributed by atoms with van der Waals surface area (Å²) in [6, 6.07) is 0.557. The Kier molecular flexibility index (Phi) is 7.77. The fraction of sp³-hybridized carbons (Fsp3) is 1.00. The van der Waals surface area contributed by atoms with Gasteiger partial charge in [0.2, 0.25) is 0 Å². The maximum atomic E-state index is 5.70. The zero-order valence-corrected chi connectivity index (χ0v) is 11.6. The molecule has 17 heavy (non-hydrogen) atoms. The largest absolute Gasteiger partial charge is 0.383 e. The van der Waals surface area contributed by atoms with Crippen LogP contribution in [0.3, 0.4) is 0 Å². The van der Waals surface area contributed by atoms with Crippen molar-refractivity contribution in [1.82, 2.24) is 10.2 Å². The summed E-state index contributed by atoms with van der Waals surface area (Å²) in [6.07, 6.45) is 2.90. The van der Waals surface area contributed by atoms with Crippen LogP contribution in [0.5, 0.6) is 0 Å². The van der Waals surface area contributed by atoms with Gasteiger partial charge in [0.25, 0.3) is 0 Å². The first-order chi connectivity index (χ1) is 8.27. The molecule has 0 saturated carbocycles. The van der Waals surface area contributed by atoms with Crippen LogP contribution in [0.4, 0.5) is 0 Å². The van der Waals surface area contributed by atoms with Gasteiger partial charge < -0.3 is 14.8 Å². The maximum absolute atomic E-state index is 5.70. The number of nitrogens with zero attached hydrogens (tertiary/aromatic N) is 1. The highest BCUT2D eigenvalue weighted by Gasteiger charge is 2.21. The molecule has 0 aromatic carbocycles. The van der Waals surface area contributed by atoms with Crippen molar-refractivity contribution in [1.29, 1.82) is 0 Å². The van der Waals surface area contributed by atoms with E-state index in [4.69, 9.17) is 9.47 Å². The molecule has 1 heterocycles. The Morgan fingerprint density at radius 2 is 2.35 bits per heavy atom. The van der Waals surface area contributed by atoms with E-state index in [1.807, 2.05) is 0 Å². The Morgan fingerprint density at radius 3 is 2.94 bits per heavy atom. The van der Waals surface area contributed by atoms with Crippen molar-refractivity contribution in [2.75, 3.05) is 46.5 Å². The van der Waals surface area contributed by atoms with E-state index in [1.165, 1.54) is 12.8 Å². The zero-order chi connectivity index (χ0) is 12.5. The molecule has 4 nitrogen and oxygen atoms in total. The molecule has 1 aliphatic rings. The normalized spacial score (nSPS) is 22.2. The summed E-state index contributed by atoms with van der Waals surface area (Å²) >= 11 is 0. The summed E-state index contributed by atoms with van der Waals surface area (Å²) in [6.45, 7) is 10.3. The summed E-state index contributed by atoms with van der Waals surface area (Å²) in [5.41, 5.74) is 0. The first-order valence-corrected chi connectivity index (χ1v) is 6.83. The first kappa shape index (κ1) is 14.9. The van der Waals surface area contributed by atoms with E-state index < -0.39 is 0 Å². The Bertz CT molecular complexity index is 184. The van der Waals surface area contributed by atoms with Gasteiger partial charge in [0, 0.05) is 39.4 Å². The predicted octanol–water partition coefficient (Wildman–Crippen LogP) is 1.11. The van der Waals surface area contributed by atoms with Gasteiger partial charge in [0.1, 0.15) is 0 Å². The monoisotopic (exact) mass is 244 g/mol. The van der Waals surface area contributed by atoms with Gasteiger partial charge in [-0.15, -0.1) is 0 Å². The van der Waals surface area contributed by atoms with Crippen molar-refractivity contribution < 1.29 is 9.47 Å². The van der Waals surface area contributed by atoms with Gasteiger partial charge in [-0.1, -0.05) is 6.92 Å². The maximum Gasteiger partial charge on any atom is 0.0702 e. The van der Waals surface area contributed by atoms with E-state index in [2.05, 4.69) is 24.1 Å². The van der Waals surface area contributed by atoms with Crippen LogP contribution in [0.15, 0.2) is 0 Å². The van der Waals surface area contributed by atoms with Crippen molar-refractivity contribution in [3.63, 3.8) is 0 Å². The smallest absolute Gasteiger partial charge is 0.0702 e. The molecule has 1 saturated heterocycles. The summed E-state index contributed by atoms with van der Waals surface area (Å²) in [4.78, 5) is 2.50. The van der Waals surface area contributed by atoms with Gasteiger partial charge in [-0.05, 0) is 26.3 Å². The number of methoxy groups -OCH3 is 1. The molecule has 0 radical (unpaired) electrons. The van der Waals surface area contributed by atoms with Crippen LogP contribution < -0.4 is 5.32 Å². The summed E-state index contributed by atoms with van der Waals surface area (Å²) in [5, 5.41) is 3.42. The molecule has 2 atom stereocenters. The van der Waals surface area contributed by atoms with E-state index in [0.29, 0.717) is 12.1 Å². The molecule has 1 N–H and O–H groups in total. The molecule has 0 bridgehead atoms. The van der Waals surface area contributed by atoms with Crippen molar-refractivity contribution in [3.05, 3.63) is 0 Å². The number of hydrogen-bond acceptors (Lipinski definition) is 4. The number of ether oxygens (including phenoxy) is 2. The lowest BCUT2D eigenvalue weighted by molar-refractivity contribution is 0.0615. The molecule has 0 aromatic heterocycles. The van der Waals surface area contributed by atoms with Crippen LogP contribution in [0.1, 0.15) is 26.7 Å². The van der Waals surface area contributed by atoms with E-state index in [1.54, 1.807) is 7.11 Å². The summed E-state index contributed by atoms with van der Waals surface area (Å²) in [7, 11) is 1.74. The molecule has 0 spiro atoms. The quantitative estimate of drug-likeness (QED) is 0.616. The van der Waals surface area contributed by atoms with Gasteiger partial charge in [-0.2, -0.15) is 0 Å². The Balaban J connectivity index is 2.17.